The largest absolute Gasteiger partial charge is 0.305 e. The van der Waals surface area contributed by atoms with Crippen LogP contribution in [0.25, 0.3) is 0 Å². The molecule has 0 heterocycles. The minimum Gasteiger partial charge on any atom is -0.305 e. The molecule has 0 saturated heterocycles. The maximum absolute atomic E-state index is 2.42. The first-order chi connectivity index (χ1) is 6.99. The van der Waals surface area contributed by atoms with Crippen LogP contribution >= 0.6 is 0 Å². The van der Waals surface area contributed by atoms with Gasteiger partial charge in [-0.3, -0.25) is 0 Å². The minimum atomic E-state index is 0.652. The molecule has 0 N–H and O–H groups in total. The van der Waals surface area contributed by atoms with Gasteiger partial charge in [0.25, 0.3) is 0 Å². The minimum absolute atomic E-state index is 0.652. The van der Waals surface area contributed by atoms with E-state index in [1.54, 1.807) is 0 Å². The highest BCUT2D eigenvalue weighted by atomic mass is 15.2. The van der Waals surface area contributed by atoms with Gasteiger partial charge in [0, 0.05) is 18.6 Å². The molecule has 0 bridgehead atoms. The van der Waals surface area contributed by atoms with Gasteiger partial charge < -0.3 is 9.80 Å². The van der Waals surface area contributed by atoms with E-state index in [4.69, 9.17) is 0 Å². The molecule has 0 amide bonds. The summed E-state index contributed by atoms with van der Waals surface area (Å²) in [5.74, 6) is 0. The second-order valence-corrected chi connectivity index (χ2v) is 4.44. The summed E-state index contributed by atoms with van der Waals surface area (Å²) in [5, 5.41) is 0. The number of likely N-dealkylation sites (N-methyl/N-ethyl adjacent to an activating group) is 2. The topological polar surface area (TPSA) is 6.48 Å². The molecule has 2 heteroatoms. The summed E-state index contributed by atoms with van der Waals surface area (Å²) in [6, 6.07) is 1.36. The predicted molar refractivity (Wildman–Crippen MR) is 71.5 cm³/mol. The first-order valence-electron chi connectivity index (χ1n) is 6.35. The normalized spacial score (nSPS) is 13.0. The van der Waals surface area contributed by atoms with Crippen LogP contribution in [0.5, 0.6) is 0 Å². The number of hydrogen-bond donors (Lipinski definition) is 0. The van der Waals surface area contributed by atoms with Crippen molar-refractivity contribution in [1.82, 2.24) is 9.80 Å². The van der Waals surface area contributed by atoms with E-state index in [9.17, 15) is 0 Å². The summed E-state index contributed by atoms with van der Waals surface area (Å²) >= 11 is 0. The Morgan fingerprint density at radius 1 is 1.00 bits per heavy atom. The summed E-state index contributed by atoms with van der Waals surface area (Å²) in [6.45, 7) is 11.9. The van der Waals surface area contributed by atoms with Gasteiger partial charge in [-0.1, -0.05) is 27.2 Å². The first kappa shape index (κ1) is 17.3. The van der Waals surface area contributed by atoms with Crippen molar-refractivity contribution < 1.29 is 0 Å². The lowest BCUT2D eigenvalue weighted by molar-refractivity contribution is 0.174. The lowest BCUT2D eigenvalue weighted by Gasteiger charge is -2.30. The third-order valence-corrected chi connectivity index (χ3v) is 2.73. The molecule has 1 unspecified atom stereocenters. The van der Waals surface area contributed by atoms with Crippen molar-refractivity contribution in [2.75, 3.05) is 27.7 Å². The lowest BCUT2D eigenvalue weighted by Crippen LogP contribution is -2.41. The number of rotatable bonds is 6. The van der Waals surface area contributed by atoms with Crippen LogP contribution in [0.1, 0.15) is 47.5 Å². The van der Waals surface area contributed by atoms with E-state index < -0.39 is 0 Å². The number of nitrogens with zero attached hydrogens (tertiary/aromatic N) is 2. The van der Waals surface area contributed by atoms with Gasteiger partial charge in [0.1, 0.15) is 0 Å². The Kier molecular flexibility index (Phi) is 12.1. The molecule has 0 saturated carbocycles. The molecule has 0 aliphatic carbocycles. The van der Waals surface area contributed by atoms with Gasteiger partial charge in [-0.2, -0.15) is 0 Å². The highest BCUT2D eigenvalue weighted by molar-refractivity contribution is 4.71. The van der Waals surface area contributed by atoms with Crippen molar-refractivity contribution in [1.29, 1.82) is 0 Å². The summed E-state index contributed by atoms with van der Waals surface area (Å²) in [6.07, 6.45) is 2.57. The maximum Gasteiger partial charge on any atom is 0.0216 e. The van der Waals surface area contributed by atoms with Gasteiger partial charge >= 0.3 is 0 Å². The number of hydrogen-bond acceptors (Lipinski definition) is 2. The Bertz CT molecular complexity index is 122. The van der Waals surface area contributed by atoms with Gasteiger partial charge in [0.15, 0.2) is 0 Å². The van der Waals surface area contributed by atoms with Crippen LogP contribution in [0.15, 0.2) is 0 Å². The van der Waals surface area contributed by atoms with Gasteiger partial charge in [0.05, 0.1) is 0 Å². The molecule has 0 aromatic heterocycles. The second-order valence-electron chi connectivity index (χ2n) is 4.44. The van der Waals surface area contributed by atoms with Crippen molar-refractivity contribution in [3.8, 4) is 0 Å². The SMILES string of the molecule is CC.CCCC(CN(C)C(C)C)N(C)C. The molecule has 0 aromatic carbocycles. The molecule has 0 radical (unpaired) electrons. The van der Waals surface area contributed by atoms with Crippen molar-refractivity contribution >= 4 is 0 Å². The standard InChI is InChI=1S/C11H26N2.C2H6/c1-7-8-11(12(4)5)9-13(6)10(2)3;1-2/h10-11H,7-9H2,1-6H3;1-2H3. The van der Waals surface area contributed by atoms with Gasteiger partial charge in [0.2, 0.25) is 0 Å². The second kappa shape index (κ2) is 10.4. The van der Waals surface area contributed by atoms with Gasteiger partial charge in [-0.05, 0) is 41.4 Å². The van der Waals surface area contributed by atoms with E-state index >= 15 is 0 Å². The molecule has 0 spiro atoms. The van der Waals surface area contributed by atoms with Crippen LogP contribution in [-0.4, -0.2) is 49.6 Å². The Hall–Kier alpha value is -0.0800. The van der Waals surface area contributed by atoms with Crippen LogP contribution in [0.4, 0.5) is 0 Å². The van der Waals surface area contributed by atoms with Crippen LogP contribution in [0.2, 0.25) is 0 Å². The Morgan fingerprint density at radius 2 is 1.47 bits per heavy atom. The predicted octanol–water partition coefficient (Wildman–Crippen LogP) is 3.08. The van der Waals surface area contributed by atoms with E-state index in [2.05, 4.69) is 51.7 Å². The highest BCUT2D eigenvalue weighted by Gasteiger charge is 2.14. The quantitative estimate of drug-likeness (QED) is 0.673. The Balaban J connectivity index is 0. The fourth-order valence-corrected chi connectivity index (χ4v) is 1.39. The van der Waals surface area contributed by atoms with Crippen molar-refractivity contribution in [2.45, 2.75) is 59.5 Å². The summed E-state index contributed by atoms with van der Waals surface area (Å²) in [4.78, 5) is 4.75. The van der Waals surface area contributed by atoms with Crippen molar-refractivity contribution in [3.05, 3.63) is 0 Å². The molecule has 94 valence electrons. The molecule has 0 aromatic rings. The molecule has 15 heavy (non-hydrogen) atoms. The van der Waals surface area contributed by atoms with E-state index in [0.717, 1.165) is 0 Å². The summed E-state index contributed by atoms with van der Waals surface area (Å²) in [5.41, 5.74) is 0. The Morgan fingerprint density at radius 3 is 1.73 bits per heavy atom. The maximum atomic E-state index is 2.42. The van der Waals surface area contributed by atoms with Crippen LogP contribution in [0.3, 0.4) is 0 Å². The van der Waals surface area contributed by atoms with E-state index in [1.165, 1.54) is 19.4 Å². The first-order valence-corrected chi connectivity index (χ1v) is 6.35. The molecule has 0 rings (SSSR count). The van der Waals surface area contributed by atoms with Crippen molar-refractivity contribution in [2.24, 2.45) is 0 Å². The summed E-state index contributed by atoms with van der Waals surface area (Å²) in [7, 11) is 6.56. The zero-order valence-electron chi connectivity index (χ0n) is 12.2. The van der Waals surface area contributed by atoms with Crippen LogP contribution in [0, 0.1) is 0 Å². The average Bonchev–Trinajstić information content (AvgIpc) is 2.19. The van der Waals surface area contributed by atoms with E-state index in [1.807, 2.05) is 13.8 Å². The van der Waals surface area contributed by atoms with E-state index in [-0.39, 0.29) is 0 Å². The fourth-order valence-electron chi connectivity index (χ4n) is 1.39. The van der Waals surface area contributed by atoms with Crippen LogP contribution < -0.4 is 0 Å². The molecule has 0 aliphatic heterocycles. The van der Waals surface area contributed by atoms with Crippen molar-refractivity contribution in [3.63, 3.8) is 0 Å². The molecule has 0 aliphatic rings. The summed E-state index contributed by atoms with van der Waals surface area (Å²) < 4.78 is 0. The third-order valence-electron chi connectivity index (χ3n) is 2.73. The highest BCUT2D eigenvalue weighted by Crippen LogP contribution is 2.06. The fraction of sp³-hybridized carbons (Fsp3) is 1.00. The average molecular weight is 216 g/mol. The molecular formula is C13H32N2. The molecule has 0 fully saturated rings. The molecule has 2 nitrogen and oxygen atoms in total. The monoisotopic (exact) mass is 216 g/mol. The van der Waals surface area contributed by atoms with E-state index in [0.29, 0.717) is 12.1 Å². The van der Waals surface area contributed by atoms with Gasteiger partial charge in [-0.25, -0.2) is 0 Å². The molecular weight excluding hydrogens is 184 g/mol. The third kappa shape index (κ3) is 8.88. The smallest absolute Gasteiger partial charge is 0.0216 e. The van der Waals surface area contributed by atoms with Crippen LogP contribution in [-0.2, 0) is 0 Å². The zero-order chi connectivity index (χ0) is 12.4. The zero-order valence-corrected chi connectivity index (χ0v) is 12.2. The Labute approximate surface area is 97.6 Å². The van der Waals surface area contributed by atoms with Gasteiger partial charge in [-0.15, -0.1) is 0 Å². The molecule has 1 atom stereocenters. The lowest BCUT2D eigenvalue weighted by atomic mass is 10.1.